The maximum absolute atomic E-state index is 10.1. The van der Waals surface area contributed by atoms with Crippen molar-refractivity contribution in [1.29, 1.82) is 0 Å². The summed E-state index contributed by atoms with van der Waals surface area (Å²) in [6.07, 6.45) is -1.52. The predicted octanol–water partition coefficient (Wildman–Crippen LogP) is 2.14. The Kier molecular flexibility index (Phi) is 7.06. The van der Waals surface area contributed by atoms with Crippen molar-refractivity contribution in [3.8, 4) is 0 Å². The molecule has 0 aliphatic heterocycles. The SMILES string of the molecule is OC[C@H](OCc1ccccc1)[C@@H](O)COCc1ccccc1. The van der Waals surface area contributed by atoms with Crippen LogP contribution in [-0.2, 0) is 22.7 Å². The van der Waals surface area contributed by atoms with Crippen molar-refractivity contribution in [3.63, 3.8) is 0 Å². The molecule has 2 rings (SSSR count). The van der Waals surface area contributed by atoms with E-state index in [0.717, 1.165) is 11.1 Å². The largest absolute Gasteiger partial charge is 0.394 e. The number of benzene rings is 2. The quantitative estimate of drug-likeness (QED) is 0.745. The second-order valence-corrected chi connectivity index (χ2v) is 5.09. The van der Waals surface area contributed by atoms with Crippen molar-refractivity contribution >= 4 is 0 Å². The molecule has 0 spiro atoms. The van der Waals surface area contributed by atoms with Gasteiger partial charge in [-0.1, -0.05) is 60.7 Å². The van der Waals surface area contributed by atoms with Gasteiger partial charge in [0.2, 0.25) is 0 Å². The van der Waals surface area contributed by atoms with Crippen molar-refractivity contribution in [2.24, 2.45) is 0 Å². The third-order valence-corrected chi connectivity index (χ3v) is 3.32. The summed E-state index contributed by atoms with van der Waals surface area (Å²) in [7, 11) is 0. The summed E-state index contributed by atoms with van der Waals surface area (Å²) in [5.41, 5.74) is 2.04. The van der Waals surface area contributed by atoms with Crippen LogP contribution in [0.1, 0.15) is 11.1 Å². The van der Waals surface area contributed by atoms with E-state index >= 15 is 0 Å². The van der Waals surface area contributed by atoms with Gasteiger partial charge in [0.05, 0.1) is 26.4 Å². The summed E-state index contributed by atoms with van der Waals surface area (Å²) >= 11 is 0. The minimum Gasteiger partial charge on any atom is -0.394 e. The van der Waals surface area contributed by atoms with E-state index in [4.69, 9.17) is 9.47 Å². The van der Waals surface area contributed by atoms with Crippen LogP contribution >= 0.6 is 0 Å². The zero-order chi connectivity index (χ0) is 15.6. The molecule has 0 heterocycles. The van der Waals surface area contributed by atoms with Crippen LogP contribution in [0.2, 0.25) is 0 Å². The molecule has 0 aliphatic carbocycles. The van der Waals surface area contributed by atoms with Crippen LogP contribution in [0, 0.1) is 0 Å². The molecule has 0 saturated heterocycles. The second kappa shape index (κ2) is 9.33. The Balaban J connectivity index is 1.73. The normalized spacial score (nSPS) is 13.7. The molecule has 2 N–H and O–H groups in total. The lowest BCUT2D eigenvalue weighted by Crippen LogP contribution is -2.35. The zero-order valence-corrected chi connectivity index (χ0v) is 12.5. The summed E-state index contributed by atoms with van der Waals surface area (Å²) in [5.74, 6) is 0. The van der Waals surface area contributed by atoms with Crippen LogP contribution in [0.3, 0.4) is 0 Å². The maximum Gasteiger partial charge on any atom is 0.109 e. The smallest absolute Gasteiger partial charge is 0.109 e. The van der Waals surface area contributed by atoms with Gasteiger partial charge in [0.25, 0.3) is 0 Å². The molecule has 0 amide bonds. The first kappa shape index (κ1) is 16.6. The van der Waals surface area contributed by atoms with E-state index in [1.807, 2.05) is 60.7 Å². The summed E-state index contributed by atoms with van der Waals surface area (Å²) in [6.45, 7) is 0.647. The molecule has 2 aromatic rings. The lowest BCUT2D eigenvalue weighted by atomic mass is 10.2. The summed E-state index contributed by atoms with van der Waals surface area (Å²) < 4.78 is 11.0. The number of aliphatic hydroxyl groups is 2. The van der Waals surface area contributed by atoms with Crippen LogP contribution in [0.15, 0.2) is 60.7 Å². The van der Waals surface area contributed by atoms with E-state index in [9.17, 15) is 10.2 Å². The molecule has 0 unspecified atom stereocenters. The Morgan fingerprint density at radius 1 is 0.818 bits per heavy atom. The lowest BCUT2D eigenvalue weighted by Gasteiger charge is -2.21. The van der Waals surface area contributed by atoms with Crippen molar-refractivity contribution < 1.29 is 19.7 Å². The highest BCUT2D eigenvalue weighted by Crippen LogP contribution is 2.08. The molecule has 0 fully saturated rings. The van der Waals surface area contributed by atoms with Crippen LogP contribution in [0.4, 0.5) is 0 Å². The van der Waals surface area contributed by atoms with Gasteiger partial charge in [0, 0.05) is 0 Å². The average Bonchev–Trinajstić information content (AvgIpc) is 2.57. The summed E-state index contributed by atoms with van der Waals surface area (Å²) in [4.78, 5) is 0. The summed E-state index contributed by atoms with van der Waals surface area (Å²) in [6, 6.07) is 19.4. The van der Waals surface area contributed by atoms with Crippen LogP contribution in [0.25, 0.3) is 0 Å². The van der Waals surface area contributed by atoms with Crippen molar-refractivity contribution in [2.75, 3.05) is 13.2 Å². The Hall–Kier alpha value is -1.72. The molecule has 118 valence electrons. The van der Waals surface area contributed by atoms with Crippen LogP contribution < -0.4 is 0 Å². The highest BCUT2D eigenvalue weighted by atomic mass is 16.5. The highest BCUT2D eigenvalue weighted by Gasteiger charge is 2.19. The van der Waals surface area contributed by atoms with Crippen molar-refractivity contribution in [1.82, 2.24) is 0 Å². The van der Waals surface area contributed by atoms with E-state index in [-0.39, 0.29) is 13.2 Å². The first-order chi connectivity index (χ1) is 10.8. The van der Waals surface area contributed by atoms with E-state index in [1.54, 1.807) is 0 Å². The molecule has 0 aliphatic rings. The average molecular weight is 302 g/mol. The Labute approximate surface area is 130 Å². The van der Waals surface area contributed by atoms with Gasteiger partial charge in [0.15, 0.2) is 0 Å². The number of rotatable bonds is 9. The third kappa shape index (κ3) is 5.58. The molecule has 0 aromatic heterocycles. The number of hydrogen-bond donors (Lipinski definition) is 2. The van der Waals surface area contributed by atoms with E-state index in [2.05, 4.69) is 0 Å². The van der Waals surface area contributed by atoms with Crippen molar-refractivity contribution in [2.45, 2.75) is 25.4 Å². The fourth-order valence-electron chi connectivity index (χ4n) is 2.04. The maximum atomic E-state index is 10.1. The van der Waals surface area contributed by atoms with Crippen molar-refractivity contribution in [3.05, 3.63) is 71.8 Å². The number of hydrogen-bond acceptors (Lipinski definition) is 4. The molecule has 4 nitrogen and oxygen atoms in total. The standard InChI is InChI=1S/C18H22O4/c19-11-18(22-13-16-9-5-2-6-10-16)17(20)14-21-12-15-7-3-1-4-8-15/h1-10,17-20H,11-14H2/t17-,18-/m0/s1. The third-order valence-electron chi connectivity index (χ3n) is 3.32. The zero-order valence-electron chi connectivity index (χ0n) is 12.5. The molecule has 0 saturated carbocycles. The molecule has 0 radical (unpaired) electrons. The monoisotopic (exact) mass is 302 g/mol. The molecule has 2 atom stereocenters. The lowest BCUT2D eigenvalue weighted by molar-refractivity contribution is -0.0984. The van der Waals surface area contributed by atoms with Gasteiger partial charge in [-0.25, -0.2) is 0 Å². The summed E-state index contributed by atoms with van der Waals surface area (Å²) in [5, 5.41) is 19.4. The van der Waals surface area contributed by atoms with Gasteiger partial charge in [-0.15, -0.1) is 0 Å². The van der Waals surface area contributed by atoms with Gasteiger partial charge in [-0.2, -0.15) is 0 Å². The Morgan fingerprint density at radius 2 is 1.36 bits per heavy atom. The fourth-order valence-corrected chi connectivity index (χ4v) is 2.04. The molecule has 4 heteroatoms. The Morgan fingerprint density at radius 3 is 1.91 bits per heavy atom. The van der Waals surface area contributed by atoms with E-state index in [1.165, 1.54) is 0 Å². The highest BCUT2D eigenvalue weighted by molar-refractivity contribution is 5.14. The predicted molar refractivity (Wildman–Crippen MR) is 84.2 cm³/mol. The first-order valence-corrected chi connectivity index (χ1v) is 7.35. The minimum atomic E-state index is -0.863. The van der Waals surface area contributed by atoms with E-state index < -0.39 is 12.2 Å². The Bertz CT molecular complexity index is 515. The van der Waals surface area contributed by atoms with Crippen LogP contribution in [0.5, 0.6) is 0 Å². The van der Waals surface area contributed by atoms with Gasteiger partial charge in [-0.05, 0) is 11.1 Å². The molecular formula is C18H22O4. The number of ether oxygens (including phenoxy) is 2. The second-order valence-electron chi connectivity index (χ2n) is 5.09. The molecule has 2 aromatic carbocycles. The van der Waals surface area contributed by atoms with Crippen LogP contribution in [-0.4, -0.2) is 35.6 Å². The van der Waals surface area contributed by atoms with E-state index in [0.29, 0.717) is 13.2 Å². The van der Waals surface area contributed by atoms with Gasteiger partial charge < -0.3 is 19.7 Å². The fraction of sp³-hybridized carbons (Fsp3) is 0.333. The van der Waals surface area contributed by atoms with Gasteiger partial charge in [-0.3, -0.25) is 0 Å². The first-order valence-electron chi connectivity index (χ1n) is 7.35. The van der Waals surface area contributed by atoms with Gasteiger partial charge in [0.1, 0.15) is 12.2 Å². The topological polar surface area (TPSA) is 58.9 Å². The molecule has 0 bridgehead atoms. The number of aliphatic hydroxyl groups excluding tert-OH is 2. The minimum absolute atomic E-state index is 0.120. The molecule has 22 heavy (non-hydrogen) atoms. The molecular weight excluding hydrogens is 280 g/mol. The van der Waals surface area contributed by atoms with Gasteiger partial charge >= 0.3 is 0 Å².